The molecule has 7 nitrogen and oxygen atoms in total. The Hall–Kier alpha value is -4.11. The SMILES string of the molecule is Cc1nn(-c2ccc(F)cc2)c(C)c1C(=O)Nc1nc(-c2ccccc2)c(-c2nccn2C)s1. The normalized spacial score (nSPS) is 11.1. The smallest absolute Gasteiger partial charge is 0.261 e. The average molecular weight is 473 g/mol. The predicted octanol–water partition coefficient (Wildman–Crippen LogP) is 5.40. The third-order valence-corrected chi connectivity index (χ3v) is 6.48. The Morgan fingerprint density at radius 1 is 1.06 bits per heavy atom. The van der Waals surface area contributed by atoms with E-state index in [-0.39, 0.29) is 11.7 Å². The van der Waals surface area contributed by atoms with Crippen LogP contribution in [0.25, 0.3) is 27.6 Å². The molecule has 3 heterocycles. The van der Waals surface area contributed by atoms with Crippen molar-refractivity contribution >= 4 is 22.4 Å². The van der Waals surface area contributed by atoms with Gasteiger partial charge in [0.25, 0.3) is 5.91 Å². The lowest BCUT2D eigenvalue weighted by molar-refractivity contribution is 0.102. The highest BCUT2D eigenvalue weighted by atomic mass is 32.1. The molecule has 0 aliphatic carbocycles. The number of amides is 1. The first-order valence-corrected chi connectivity index (χ1v) is 11.4. The highest BCUT2D eigenvalue weighted by molar-refractivity contribution is 7.19. The summed E-state index contributed by atoms with van der Waals surface area (Å²) >= 11 is 1.37. The summed E-state index contributed by atoms with van der Waals surface area (Å²) in [5.74, 6) is 0.140. The van der Waals surface area contributed by atoms with Gasteiger partial charge in [0.15, 0.2) is 11.0 Å². The summed E-state index contributed by atoms with van der Waals surface area (Å²) in [4.78, 5) is 23.4. The minimum atomic E-state index is -0.329. The van der Waals surface area contributed by atoms with Crippen molar-refractivity contribution in [2.24, 2.45) is 7.05 Å². The molecular formula is C25H21FN6OS. The number of carbonyl (C=O) groups excluding carboxylic acids is 1. The molecule has 170 valence electrons. The molecule has 0 radical (unpaired) electrons. The zero-order valence-corrected chi connectivity index (χ0v) is 19.6. The van der Waals surface area contributed by atoms with Crippen molar-refractivity contribution in [3.05, 3.63) is 89.8 Å². The van der Waals surface area contributed by atoms with E-state index in [1.54, 1.807) is 29.9 Å². The molecular weight excluding hydrogens is 451 g/mol. The van der Waals surface area contributed by atoms with E-state index in [4.69, 9.17) is 4.98 Å². The Balaban J connectivity index is 1.51. The second-order valence-electron chi connectivity index (χ2n) is 7.81. The van der Waals surface area contributed by atoms with E-state index in [1.165, 1.54) is 23.5 Å². The quantitative estimate of drug-likeness (QED) is 0.371. The first kappa shape index (κ1) is 21.7. The van der Waals surface area contributed by atoms with E-state index >= 15 is 0 Å². The summed E-state index contributed by atoms with van der Waals surface area (Å²) in [7, 11) is 1.92. The van der Waals surface area contributed by atoms with Crippen LogP contribution in [0.1, 0.15) is 21.7 Å². The van der Waals surface area contributed by atoms with Gasteiger partial charge in [0.1, 0.15) is 5.82 Å². The predicted molar refractivity (Wildman–Crippen MR) is 131 cm³/mol. The Bertz CT molecular complexity index is 1480. The number of nitrogens with zero attached hydrogens (tertiary/aromatic N) is 5. The molecule has 1 N–H and O–H groups in total. The Morgan fingerprint density at radius 3 is 2.47 bits per heavy atom. The van der Waals surface area contributed by atoms with Gasteiger partial charge in [0.05, 0.1) is 33.2 Å². The first-order chi connectivity index (χ1) is 16.4. The number of benzene rings is 2. The van der Waals surface area contributed by atoms with Crippen molar-refractivity contribution < 1.29 is 9.18 Å². The second kappa shape index (κ2) is 8.68. The van der Waals surface area contributed by atoms with Crippen LogP contribution in [0.15, 0.2) is 67.0 Å². The summed E-state index contributed by atoms with van der Waals surface area (Å²) < 4.78 is 16.9. The Kier molecular flexibility index (Phi) is 5.54. The van der Waals surface area contributed by atoms with Crippen LogP contribution in [-0.2, 0) is 7.05 Å². The fraction of sp³-hybridized carbons (Fsp3) is 0.120. The van der Waals surface area contributed by atoms with E-state index in [2.05, 4.69) is 15.4 Å². The maximum Gasteiger partial charge on any atom is 0.261 e. The average Bonchev–Trinajstić information content (AvgIpc) is 3.51. The van der Waals surface area contributed by atoms with Crippen LogP contribution in [0.2, 0.25) is 0 Å². The number of aromatic nitrogens is 5. The minimum absolute atomic E-state index is 0.303. The number of nitrogens with one attached hydrogen (secondary N) is 1. The van der Waals surface area contributed by atoms with E-state index in [0.717, 1.165) is 22.0 Å². The van der Waals surface area contributed by atoms with Crippen LogP contribution in [0.3, 0.4) is 0 Å². The maximum absolute atomic E-state index is 13.3. The number of hydrogen-bond acceptors (Lipinski definition) is 5. The standard InChI is InChI=1S/C25H21FN6OS/c1-15-20(16(2)32(30-15)19-11-9-18(26)10-12-19)24(33)29-25-28-21(17-7-5-4-6-8-17)22(34-25)23-27-13-14-31(23)3/h4-14H,1-3H3,(H,28,29,33). The summed E-state index contributed by atoms with van der Waals surface area (Å²) in [6.07, 6.45) is 3.61. The van der Waals surface area contributed by atoms with Crippen LogP contribution in [-0.4, -0.2) is 30.2 Å². The van der Waals surface area contributed by atoms with Gasteiger partial charge in [-0.05, 0) is 38.1 Å². The lowest BCUT2D eigenvalue weighted by atomic mass is 10.1. The molecule has 0 saturated heterocycles. The summed E-state index contributed by atoms with van der Waals surface area (Å²) in [6, 6.07) is 15.8. The van der Waals surface area contributed by atoms with Crippen LogP contribution < -0.4 is 5.32 Å². The molecule has 5 aromatic rings. The van der Waals surface area contributed by atoms with Gasteiger partial charge < -0.3 is 4.57 Å². The number of hydrogen-bond donors (Lipinski definition) is 1. The van der Waals surface area contributed by atoms with Crippen LogP contribution in [0.5, 0.6) is 0 Å². The highest BCUT2D eigenvalue weighted by Crippen LogP contribution is 2.38. The lowest BCUT2D eigenvalue weighted by Gasteiger charge is -2.05. The molecule has 1 amide bonds. The molecule has 0 bridgehead atoms. The molecule has 34 heavy (non-hydrogen) atoms. The number of carbonyl (C=O) groups is 1. The molecule has 0 saturated carbocycles. The Labute approximate surface area is 199 Å². The van der Waals surface area contributed by atoms with Crippen molar-refractivity contribution in [3.8, 4) is 27.6 Å². The van der Waals surface area contributed by atoms with Gasteiger partial charge in [-0.25, -0.2) is 19.0 Å². The fourth-order valence-electron chi connectivity index (χ4n) is 3.87. The third-order valence-electron chi connectivity index (χ3n) is 5.51. The largest absolute Gasteiger partial charge is 0.333 e. The molecule has 2 aromatic carbocycles. The van der Waals surface area contributed by atoms with Gasteiger partial charge >= 0.3 is 0 Å². The van der Waals surface area contributed by atoms with E-state index in [0.29, 0.717) is 27.8 Å². The highest BCUT2D eigenvalue weighted by Gasteiger charge is 2.23. The van der Waals surface area contributed by atoms with Crippen molar-refractivity contribution in [3.63, 3.8) is 0 Å². The number of aryl methyl sites for hydroxylation is 2. The zero-order chi connectivity index (χ0) is 23.8. The van der Waals surface area contributed by atoms with Gasteiger partial charge in [-0.3, -0.25) is 10.1 Å². The van der Waals surface area contributed by atoms with E-state index < -0.39 is 0 Å². The molecule has 0 aliphatic rings. The molecule has 5 rings (SSSR count). The molecule has 0 atom stereocenters. The summed E-state index contributed by atoms with van der Waals surface area (Å²) in [6.45, 7) is 3.59. The van der Waals surface area contributed by atoms with E-state index in [9.17, 15) is 9.18 Å². The maximum atomic E-state index is 13.3. The zero-order valence-electron chi connectivity index (χ0n) is 18.8. The summed E-state index contributed by atoms with van der Waals surface area (Å²) in [5.41, 5.74) is 4.06. The molecule has 0 unspecified atom stereocenters. The van der Waals surface area contributed by atoms with Crippen molar-refractivity contribution in [1.29, 1.82) is 0 Å². The topological polar surface area (TPSA) is 77.6 Å². The van der Waals surface area contributed by atoms with Crippen molar-refractivity contribution in [2.45, 2.75) is 13.8 Å². The summed E-state index contributed by atoms with van der Waals surface area (Å²) in [5, 5.41) is 7.91. The molecule has 0 spiro atoms. The van der Waals surface area contributed by atoms with Crippen LogP contribution in [0.4, 0.5) is 9.52 Å². The second-order valence-corrected chi connectivity index (χ2v) is 8.81. The number of imidazole rings is 1. The van der Waals surface area contributed by atoms with E-state index in [1.807, 2.05) is 55.1 Å². The van der Waals surface area contributed by atoms with Gasteiger partial charge in [0.2, 0.25) is 0 Å². The van der Waals surface area contributed by atoms with Gasteiger partial charge in [0, 0.05) is 25.0 Å². The number of rotatable bonds is 5. The van der Waals surface area contributed by atoms with Crippen LogP contribution in [0, 0.1) is 19.7 Å². The minimum Gasteiger partial charge on any atom is -0.333 e. The number of halogens is 1. The van der Waals surface area contributed by atoms with Gasteiger partial charge in [-0.15, -0.1) is 0 Å². The molecule has 9 heteroatoms. The number of anilines is 1. The molecule has 3 aromatic heterocycles. The monoisotopic (exact) mass is 472 g/mol. The van der Waals surface area contributed by atoms with Gasteiger partial charge in [-0.1, -0.05) is 41.7 Å². The van der Waals surface area contributed by atoms with Crippen molar-refractivity contribution in [1.82, 2.24) is 24.3 Å². The molecule has 0 aliphatic heterocycles. The first-order valence-electron chi connectivity index (χ1n) is 10.6. The van der Waals surface area contributed by atoms with Crippen LogP contribution >= 0.6 is 11.3 Å². The Morgan fingerprint density at radius 2 is 1.79 bits per heavy atom. The fourth-order valence-corrected chi connectivity index (χ4v) is 4.89. The third kappa shape index (κ3) is 3.90. The number of thiazole rings is 1. The van der Waals surface area contributed by atoms with Gasteiger partial charge in [-0.2, -0.15) is 5.10 Å². The lowest BCUT2D eigenvalue weighted by Crippen LogP contribution is -2.14. The molecule has 0 fully saturated rings. The van der Waals surface area contributed by atoms with Crippen molar-refractivity contribution in [2.75, 3.05) is 5.32 Å².